The molecule has 7 heteroatoms. The average molecular weight is 507 g/mol. The summed E-state index contributed by atoms with van der Waals surface area (Å²) in [5.41, 5.74) is 3.59. The molecule has 1 aromatic carbocycles. The van der Waals surface area contributed by atoms with Crippen molar-refractivity contribution in [2.75, 3.05) is 19.6 Å². The van der Waals surface area contributed by atoms with Gasteiger partial charge in [-0.25, -0.2) is 0 Å². The molecule has 3 rings (SSSR count). The highest BCUT2D eigenvalue weighted by molar-refractivity contribution is 14.0. The van der Waals surface area contributed by atoms with Gasteiger partial charge in [-0.15, -0.1) is 24.0 Å². The number of nitrogens with zero attached hydrogens (tertiary/aromatic N) is 3. The molecule has 156 valence electrons. The van der Waals surface area contributed by atoms with Gasteiger partial charge in [-0.1, -0.05) is 30.3 Å². The van der Waals surface area contributed by atoms with E-state index in [1.165, 1.54) is 11.1 Å². The van der Waals surface area contributed by atoms with E-state index < -0.39 is 0 Å². The number of hydrogen-bond donors (Lipinski definition) is 2. The molecule has 2 aromatic rings. The molecule has 1 aliphatic rings. The smallest absolute Gasteiger partial charge is 0.223 e. The van der Waals surface area contributed by atoms with E-state index in [2.05, 4.69) is 32.7 Å². The minimum atomic E-state index is 0. The van der Waals surface area contributed by atoms with Gasteiger partial charge in [-0.05, 0) is 36.6 Å². The molecule has 1 aliphatic heterocycles. The Morgan fingerprint density at radius 3 is 2.48 bits per heavy atom. The molecule has 0 fully saturated rings. The van der Waals surface area contributed by atoms with E-state index in [0.29, 0.717) is 13.0 Å². The lowest BCUT2D eigenvalue weighted by atomic mass is 10.1. The first kappa shape index (κ1) is 23.1. The molecule has 0 saturated carbocycles. The number of fused-ring (bicyclic) bond motifs is 1. The van der Waals surface area contributed by atoms with Crippen molar-refractivity contribution >= 4 is 35.8 Å². The highest BCUT2D eigenvalue weighted by Crippen LogP contribution is 2.22. The molecular weight excluding hydrogens is 477 g/mol. The maximum Gasteiger partial charge on any atom is 0.223 e. The number of benzene rings is 1. The maximum atomic E-state index is 12.5. The van der Waals surface area contributed by atoms with Crippen molar-refractivity contribution in [1.82, 2.24) is 20.5 Å². The van der Waals surface area contributed by atoms with Gasteiger partial charge in [0.15, 0.2) is 5.96 Å². The lowest BCUT2D eigenvalue weighted by Gasteiger charge is -2.15. The monoisotopic (exact) mass is 507 g/mol. The third-order valence-electron chi connectivity index (χ3n) is 4.76. The van der Waals surface area contributed by atoms with Gasteiger partial charge in [0.25, 0.3) is 0 Å². The summed E-state index contributed by atoms with van der Waals surface area (Å²) >= 11 is 0. The van der Waals surface area contributed by atoms with Crippen molar-refractivity contribution in [2.45, 2.75) is 39.3 Å². The molecule has 0 atom stereocenters. The highest BCUT2D eigenvalue weighted by atomic mass is 127. The molecular formula is C22H30IN5O. The SMILES string of the molecule is CCNC(=NCCCC(=O)N1Cc2ccccc2C1)NCCc1ccccn1.I. The minimum Gasteiger partial charge on any atom is -0.357 e. The first-order valence-electron chi connectivity index (χ1n) is 10.0. The Hall–Kier alpha value is -2.16. The fourth-order valence-corrected chi connectivity index (χ4v) is 3.29. The van der Waals surface area contributed by atoms with Crippen LogP contribution in [0.4, 0.5) is 0 Å². The second kappa shape index (κ2) is 12.4. The number of aromatic nitrogens is 1. The van der Waals surface area contributed by atoms with Gasteiger partial charge in [-0.2, -0.15) is 0 Å². The van der Waals surface area contributed by atoms with E-state index >= 15 is 0 Å². The molecule has 0 unspecified atom stereocenters. The number of halogens is 1. The molecule has 0 saturated heterocycles. The van der Waals surface area contributed by atoms with Crippen molar-refractivity contribution in [3.63, 3.8) is 0 Å². The standard InChI is InChI=1S/C22H29N5O.HI/c1-2-23-22(26-15-12-20-10-5-6-13-24-20)25-14-7-11-21(28)27-16-18-8-3-4-9-19(18)17-27;/h3-6,8-10,13H,2,7,11-12,14-17H2,1H3,(H2,23,25,26);1H. The molecule has 0 bridgehead atoms. The van der Waals surface area contributed by atoms with Crippen LogP contribution < -0.4 is 10.6 Å². The van der Waals surface area contributed by atoms with Gasteiger partial charge in [0.2, 0.25) is 5.91 Å². The van der Waals surface area contributed by atoms with Gasteiger partial charge in [0.1, 0.15) is 0 Å². The molecule has 0 radical (unpaired) electrons. The van der Waals surface area contributed by atoms with Crippen molar-refractivity contribution < 1.29 is 4.79 Å². The van der Waals surface area contributed by atoms with Crippen LogP contribution in [-0.4, -0.2) is 41.4 Å². The van der Waals surface area contributed by atoms with E-state index in [0.717, 1.165) is 50.7 Å². The third-order valence-corrected chi connectivity index (χ3v) is 4.76. The normalized spacial score (nSPS) is 12.9. The Morgan fingerprint density at radius 1 is 1.10 bits per heavy atom. The van der Waals surface area contributed by atoms with E-state index in [4.69, 9.17) is 0 Å². The van der Waals surface area contributed by atoms with Crippen LogP contribution in [0.2, 0.25) is 0 Å². The molecule has 0 aliphatic carbocycles. The van der Waals surface area contributed by atoms with Gasteiger partial charge in [0.05, 0.1) is 0 Å². The number of nitrogens with one attached hydrogen (secondary N) is 2. The van der Waals surface area contributed by atoms with Crippen LogP contribution in [0.5, 0.6) is 0 Å². The maximum absolute atomic E-state index is 12.5. The lowest BCUT2D eigenvalue weighted by molar-refractivity contribution is -0.131. The molecule has 0 spiro atoms. The minimum absolute atomic E-state index is 0. The Bertz CT molecular complexity index is 772. The Balaban J connectivity index is 0.00000300. The summed E-state index contributed by atoms with van der Waals surface area (Å²) in [6, 6.07) is 14.2. The van der Waals surface area contributed by atoms with Crippen LogP contribution >= 0.6 is 24.0 Å². The number of pyridine rings is 1. The zero-order chi connectivity index (χ0) is 19.6. The number of aliphatic imine (C=N–C) groups is 1. The second-order valence-electron chi connectivity index (χ2n) is 6.88. The molecule has 1 aromatic heterocycles. The van der Waals surface area contributed by atoms with Gasteiger partial charge < -0.3 is 15.5 Å². The summed E-state index contributed by atoms with van der Waals surface area (Å²) in [4.78, 5) is 23.3. The van der Waals surface area contributed by atoms with E-state index in [9.17, 15) is 4.79 Å². The molecule has 2 N–H and O–H groups in total. The zero-order valence-electron chi connectivity index (χ0n) is 16.9. The summed E-state index contributed by atoms with van der Waals surface area (Å²) in [6.45, 7) is 5.72. The number of amides is 1. The Morgan fingerprint density at radius 2 is 1.83 bits per heavy atom. The van der Waals surface area contributed by atoms with Crippen molar-refractivity contribution in [2.24, 2.45) is 4.99 Å². The summed E-state index contributed by atoms with van der Waals surface area (Å²) in [5, 5.41) is 6.57. The van der Waals surface area contributed by atoms with Gasteiger partial charge >= 0.3 is 0 Å². The topological polar surface area (TPSA) is 69.6 Å². The Kier molecular flexibility index (Phi) is 9.90. The number of carbonyl (C=O) groups is 1. The number of hydrogen-bond acceptors (Lipinski definition) is 3. The van der Waals surface area contributed by atoms with Crippen LogP contribution in [0.1, 0.15) is 36.6 Å². The van der Waals surface area contributed by atoms with Gasteiger partial charge in [-0.3, -0.25) is 14.8 Å². The molecule has 2 heterocycles. The summed E-state index contributed by atoms with van der Waals surface area (Å²) in [5.74, 6) is 0.999. The van der Waals surface area contributed by atoms with Crippen molar-refractivity contribution in [1.29, 1.82) is 0 Å². The van der Waals surface area contributed by atoms with E-state index in [1.54, 1.807) is 0 Å². The fraction of sp³-hybridized carbons (Fsp3) is 0.409. The number of carbonyl (C=O) groups excluding carboxylic acids is 1. The quantitative estimate of drug-likeness (QED) is 0.250. The molecule has 1 amide bonds. The number of rotatable bonds is 8. The lowest BCUT2D eigenvalue weighted by Crippen LogP contribution is -2.38. The summed E-state index contributed by atoms with van der Waals surface area (Å²) in [6.07, 6.45) is 3.94. The first-order valence-corrected chi connectivity index (χ1v) is 10.0. The second-order valence-corrected chi connectivity index (χ2v) is 6.88. The fourth-order valence-electron chi connectivity index (χ4n) is 3.29. The van der Waals surface area contributed by atoms with Crippen LogP contribution in [0.25, 0.3) is 0 Å². The van der Waals surface area contributed by atoms with Crippen LogP contribution in [0.3, 0.4) is 0 Å². The third kappa shape index (κ3) is 7.30. The zero-order valence-corrected chi connectivity index (χ0v) is 19.3. The summed E-state index contributed by atoms with van der Waals surface area (Å²) in [7, 11) is 0. The Labute approximate surface area is 190 Å². The number of guanidine groups is 1. The van der Waals surface area contributed by atoms with Crippen molar-refractivity contribution in [3.05, 3.63) is 65.5 Å². The van der Waals surface area contributed by atoms with E-state index in [-0.39, 0.29) is 29.9 Å². The van der Waals surface area contributed by atoms with Crippen LogP contribution in [-0.2, 0) is 24.3 Å². The summed E-state index contributed by atoms with van der Waals surface area (Å²) < 4.78 is 0. The van der Waals surface area contributed by atoms with Crippen LogP contribution in [0.15, 0.2) is 53.7 Å². The highest BCUT2D eigenvalue weighted by Gasteiger charge is 2.22. The van der Waals surface area contributed by atoms with Crippen LogP contribution in [0, 0.1) is 0 Å². The van der Waals surface area contributed by atoms with Gasteiger partial charge in [0, 0.05) is 57.5 Å². The van der Waals surface area contributed by atoms with E-state index in [1.807, 2.05) is 48.4 Å². The predicted molar refractivity (Wildman–Crippen MR) is 127 cm³/mol. The van der Waals surface area contributed by atoms with Crippen molar-refractivity contribution in [3.8, 4) is 0 Å². The average Bonchev–Trinajstić information content (AvgIpc) is 3.16. The molecule has 29 heavy (non-hydrogen) atoms. The largest absolute Gasteiger partial charge is 0.357 e. The molecule has 6 nitrogen and oxygen atoms in total. The predicted octanol–water partition coefficient (Wildman–Crippen LogP) is 3.12. The first-order chi connectivity index (χ1) is 13.8.